The molecular weight excluding hydrogens is 362 g/mol. The van der Waals surface area contributed by atoms with Crippen LogP contribution < -0.4 is 4.74 Å². The number of phenols is 1. The molecule has 0 amide bonds. The summed E-state index contributed by atoms with van der Waals surface area (Å²) in [5.74, 6) is 0.643. The first-order valence-electron chi connectivity index (χ1n) is 10.2. The molecule has 0 aromatic heterocycles. The van der Waals surface area contributed by atoms with Gasteiger partial charge >= 0.3 is 0 Å². The van der Waals surface area contributed by atoms with Crippen LogP contribution in [-0.4, -0.2) is 54.0 Å². The quantitative estimate of drug-likeness (QED) is 0.645. The fourth-order valence-corrected chi connectivity index (χ4v) is 3.74. The van der Waals surface area contributed by atoms with Crippen LogP contribution in [0.1, 0.15) is 18.1 Å². The molecule has 0 spiro atoms. The van der Waals surface area contributed by atoms with Gasteiger partial charge in [-0.1, -0.05) is 48.5 Å². The van der Waals surface area contributed by atoms with Crippen LogP contribution in [0.15, 0.2) is 65.8 Å². The highest BCUT2D eigenvalue weighted by atomic mass is 16.5. The molecule has 0 unspecified atom stereocenters. The van der Waals surface area contributed by atoms with Crippen molar-refractivity contribution in [1.29, 1.82) is 0 Å². The molecule has 3 aromatic carbocycles. The van der Waals surface area contributed by atoms with Gasteiger partial charge < -0.3 is 9.84 Å². The van der Waals surface area contributed by atoms with Gasteiger partial charge in [-0.25, -0.2) is 0 Å². The van der Waals surface area contributed by atoms with Crippen molar-refractivity contribution in [2.75, 3.05) is 32.8 Å². The fourth-order valence-electron chi connectivity index (χ4n) is 3.74. The average molecular weight is 389 g/mol. The van der Waals surface area contributed by atoms with Crippen molar-refractivity contribution in [3.8, 4) is 11.5 Å². The third kappa shape index (κ3) is 4.51. The number of para-hydroxylation sites is 1. The number of piperazine rings is 1. The molecule has 1 fully saturated rings. The number of phenolic OH excluding ortho intramolecular Hbond substituents is 1. The Morgan fingerprint density at radius 2 is 1.72 bits per heavy atom. The van der Waals surface area contributed by atoms with Crippen LogP contribution in [0.2, 0.25) is 0 Å². The van der Waals surface area contributed by atoms with E-state index in [0.29, 0.717) is 17.9 Å². The van der Waals surface area contributed by atoms with Gasteiger partial charge in [0.25, 0.3) is 0 Å². The first kappa shape index (κ1) is 19.3. The Kier molecular flexibility index (Phi) is 5.96. The van der Waals surface area contributed by atoms with Gasteiger partial charge in [0.1, 0.15) is 0 Å². The zero-order valence-electron chi connectivity index (χ0n) is 16.8. The lowest BCUT2D eigenvalue weighted by Crippen LogP contribution is -2.43. The van der Waals surface area contributed by atoms with Crippen LogP contribution in [0.25, 0.3) is 10.8 Å². The minimum Gasteiger partial charge on any atom is -0.504 e. The second kappa shape index (κ2) is 8.97. The van der Waals surface area contributed by atoms with Gasteiger partial charge in [0.2, 0.25) is 0 Å². The van der Waals surface area contributed by atoms with E-state index in [4.69, 9.17) is 4.74 Å². The average Bonchev–Trinajstić information content (AvgIpc) is 2.76. The highest BCUT2D eigenvalue weighted by Crippen LogP contribution is 2.28. The molecule has 5 heteroatoms. The maximum atomic E-state index is 10.3. The summed E-state index contributed by atoms with van der Waals surface area (Å²) in [7, 11) is 0. The second-order valence-corrected chi connectivity index (χ2v) is 7.24. The van der Waals surface area contributed by atoms with E-state index in [9.17, 15) is 5.11 Å². The highest BCUT2D eigenvalue weighted by Gasteiger charge is 2.16. The van der Waals surface area contributed by atoms with Crippen molar-refractivity contribution < 1.29 is 9.84 Å². The van der Waals surface area contributed by atoms with E-state index >= 15 is 0 Å². The lowest BCUT2D eigenvalue weighted by Gasteiger charge is -2.33. The number of hydrogen-bond donors (Lipinski definition) is 1. The number of ether oxygens (including phenoxy) is 1. The van der Waals surface area contributed by atoms with Crippen molar-refractivity contribution in [2.24, 2.45) is 5.10 Å². The molecule has 1 N–H and O–H groups in total. The van der Waals surface area contributed by atoms with Gasteiger partial charge in [-0.2, -0.15) is 5.10 Å². The smallest absolute Gasteiger partial charge is 0.166 e. The number of benzene rings is 3. The van der Waals surface area contributed by atoms with Crippen LogP contribution in [0.5, 0.6) is 11.5 Å². The van der Waals surface area contributed by atoms with Crippen LogP contribution >= 0.6 is 0 Å². The topological polar surface area (TPSA) is 48.3 Å². The highest BCUT2D eigenvalue weighted by molar-refractivity contribution is 5.85. The summed E-state index contributed by atoms with van der Waals surface area (Å²) in [6, 6.07) is 20.6. The summed E-state index contributed by atoms with van der Waals surface area (Å²) in [5.41, 5.74) is 2.05. The Hall–Kier alpha value is -3.05. The summed E-state index contributed by atoms with van der Waals surface area (Å²) in [4.78, 5) is 2.47. The summed E-state index contributed by atoms with van der Waals surface area (Å²) in [5, 5.41) is 19.6. The van der Waals surface area contributed by atoms with Gasteiger partial charge in [-0.3, -0.25) is 9.91 Å². The van der Waals surface area contributed by atoms with Crippen LogP contribution in [0.3, 0.4) is 0 Å². The van der Waals surface area contributed by atoms with E-state index in [1.165, 1.54) is 16.3 Å². The van der Waals surface area contributed by atoms with Gasteiger partial charge in [0, 0.05) is 38.3 Å². The molecule has 1 aliphatic heterocycles. The monoisotopic (exact) mass is 389 g/mol. The minimum absolute atomic E-state index is 0.146. The summed E-state index contributed by atoms with van der Waals surface area (Å²) >= 11 is 0. The van der Waals surface area contributed by atoms with Gasteiger partial charge in [-0.05, 0) is 35.4 Å². The first-order valence-corrected chi connectivity index (χ1v) is 10.2. The predicted molar refractivity (Wildman–Crippen MR) is 118 cm³/mol. The van der Waals surface area contributed by atoms with Crippen molar-refractivity contribution in [1.82, 2.24) is 9.91 Å². The molecule has 1 saturated heterocycles. The number of hydrogen-bond acceptors (Lipinski definition) is 5. The van der Waals surface area contributed by atoms with Crippen LogP contribution in [0, 0.1) is 0 Å². The maximum absolute atomic E-state index is 10.3. The van der Waals surface area contributed by atoms with E-state index in [1.807, 2.05) is 19.1 Å². The van der Waals surface area contributed by atoms with Crippen LogP contribution in [0.4, 0.5) is 0 Å². The lowest BCUT2D eigenvalue weighted by molar-refractivity contribution is 0.131. The van der Waals surface area contributed by atoms with Crippen LogP contribution in [-0.2, 0) is 6.54 Å². The van der Waals surface area contributed by atoms with Crippen molar-refractivity contribution in [3.05, 3.63) is 71.8 Å². The van der Waals surface area contributed by atoms with Crippen molar-refractivity contribution in [2.45, 2.75) is 13.5 Å². The molecule has 0 bridgehead atoms. The van der Waals surface area contributed by atoms with Gasteiger partial charge in [-0.15, -0.1) is 0 Å². The molecule has 0 aliphatic carbocycles. The van der Waals surface area contributed by atoms with E-state index < -0.39 is 0 Å². The largest absolute Gasteiger partial charge is 0.504 e. The van der Waals surface area contributed by atoms with Gasteiger partial charge in [0.05, 0.1) is 12.8 Å². The molecule has 1 heterocycles. The Morgan fingerprint density at radius 1 is 0.966 bits per heavy atom. The molecule has 150 valence electrons. The van der Waals surface area contributed by atoms with Crippen molar-refractivity contribution in [3.63, 3.8) is 0 Å². The second-order valence-electron chi connectivity index (χ2n) is 7.24. The Labute approximate surface area is 171 Å². The molecule has 1 aliphatic rings. The number of rotatable bonds is 6. The zero-order chi connectivity index (χ0) is 20.1. The molecule has 29 heavy (non-hydrogen) atoms. The Morgan fingerprint density at radius 3 is 2.55 bits per heavy atom. The SMILES string of the molecule is CCOc1cccc(/C=N/N2CCN(Cc3cccc4ccccc34)CC2)c1O. The Balaban J connectivity index is 1.36. The minimum atomic E-state index is 0.146. The number of hydrazone groups is 1. The summed E-state index contributed by atoms with van der Waals surface area (Å²) in [6.45, 7) is 7.04. The molecule has 0 saturated carbocycles. The number of fused-ring (bicyclic) bond motifs is 1. The zero-order valence-corrected chi connectivity index (χ0v) is 16.8. The van der Waals surface area contributed by atoms with E-state index in [2.05, 4.69) is 57.5 Å². The molecule has 4 rings (SSSR count). The molecule has 3 aromatic rings. The molecule has 0 radical (unpaired) electrons. The third-order valence-corrected chi connectivity index (χ3v) is 5.31. The van der Waals surface area contributed by atoms with E-state index in [-0.39, 0.29) is 5.75 Å². The first-order chi connectivity index (χ1) is 14.2. The Bertz CT molecular complexity index is 989. The lowest BCUT2D eigenvalue weighted by atomic mass is 10.0. The third-order valence-electron chi connectivity index (χ3n) is 5.31. The summed E-state index contributed by atoms with van der Waals surface area (Å²) in [6.07, 6.45) is 1.72. The van der Waals surface area contributed by atoms with E-state index in [1.54, 1.807) is 12.3 Å². The molecule has 0 atom stereocenters. The van der Waals surface area contributed by atoms with Crippen molar-refractivity contribution >= 4 is 17.0 Å². The fraction of sp³-hybridized carbons (Fsp3) is 0.292. The normalized spacial score (nSPS) is 15.3. The molecule has 5 nitrogen and oxygen atoms in total. The predicted octanol–water partition coefficient (Wildman–Crippen LogP) is 4.10. The number of aromatic hydroxyl groups is 1. The van der Waals surface area contributed by atoms with Gasteiger partial charge in [0.15, 0.2) is 11.5 Å². The van der Waals surface area contributed by atoms with E-state index in [0.717, 1.165) is 32.7 Å². The molecular formula is C24H27N3O2. The standard InChI is InChI=1S/C24H27N3O2/c1-2-29-23-12-6-9-20(24(23)28)17-25-27-15-13-26(14-16-27)18-21-10-5-8-19-7-3-4-11-22(19)21/h3-12,17,28H,2,13-16,18H2,1H3/b25-17+. The summed E-state index contributed by atoms with van der Waals surface area (Å²) < 4.78 is 5.44. The maximum Gasteiger partial charge on any atom is 0.166 e. The number of nitrogens with zero attached hydrogens (tertiary/aromatic N) is 3.